The molecule has 3 N–H and O–H groups in total. The molecule has 0 radical (unpaired) electrons. The summed E-state index contributed by atoms with van der Waals surface area (Å²) in [5, 5.41) is 0. The number of nitrogens with one attached hydrogen (secondary N) is 1. The van der Waals surface area contributed by atoms with Crippen molar-refractivity contribution in [3.05, 3.63) is 29.6 Å². The summed E-state index contributed by atoms with van der Waals surface area (Å²) in [6.45, 7) is 4.02. The minimum absolute atomic E-state index is 0.652. The van der Waals surface area contributed by atoms with Gasteiger partial charge in [-0.05, 0) is 25.5 Å². The van der Waals surface area contributed by atoms with Gasteiger partial charge in [0.1, 0.15) is 0 Å². The van der Waals surface area contributed by atoms with Crippen molar-refractivity contribution in [2.75, 3.05) is 27.3 Å². The van der Waals surface area contributed by atoms with E-state index in [4.69, 9.17) is 10.6 Å². The fourth-order valence-electron chi connectivity index (χ4n) is 1.68. The van der Waals surface area contributed by atoms with E-state index < -0.39 is 0 Å². The van der Waals surface area contributed by atoms with Gasteiger partial charge in [-0.15, -0.1) is 0 Å². The summed E-state index contributed by atoms with van der Waals surface area (Å²) in [5.74, 6) is 6.15. The van der Waals surface area contributed by atoms with Gasteiger partial charge in [0, 0.05) is 33.0 Å². The van der Waals surface area contributed by atoms with Crippen LogP contribution in [0.5, 0.6) is 0 Å². The van der Waals surface area contributed by atoms with Crippen LogP contribution in [0.2, 0.25) is 0 Å². The first-order chi connectivity index (χ1) is 9.17. The Morgan fingerprint density at radius 2 is 2.32 bits per heavy atom. The summed E-state index contributed by atoms with van der Waals surface area (Å²) in [6.07, 6.45) is 0.873. The van der Waals surface area contributed by atoms with Crippen molar-refractivity contribution in [1.82, 2.24) is 15.3 Å². The average Bonchev–Trinajstić information content (AvgIpc) is 2.38. The molecule has 0 unspecified atom stereocenters. The molecule has 0 bridgehead atoms. The van der Waals surface area contributed by atoms with Crippen LogP contribution in [0.15, 0.2) is 23.2 Å². The number of aryl methyl sites for hydroxylation is 1. The quantitative estimate of drug-likeness (QED) is 0.260. The highest BCUT2D eigenvalue weighted by Crippen LogP contribution is 2.02. The number of guanidine groups is 1. The van der Waals surface area contributed by atoms with E-state index in [0.29, 0.717) is 25.7 Å². The predicted molar refractivity (Wildman–Crippen MR) is 76.6 cm³/mol. The van der Waals surface area contributed by atoms with E-state index in [-0.39, 0.29) is 0 Å². The number of aliphatic imine (C=N–C) groups is 1. The summed E-state index contributed by atoms with van der Waals surface area (Å²) in [4.78, 5) is 10.8. The molecular weight excluding hydrogens is 242 g/mol. The lowest BCUT2D eigenvalue weighted by Crippen LogP contribution is -2.42. The zero-order valence-electron chi connectivity index (χ0n) is 11.9. The highest BCUT2D eigenvalue weighted by Gasteiger charge is 2.06. The SMILES string of the molecule is COCCCN=C(NN)N(C)Cc1cccc(C)n1. The first kappa shape index (κ1) is 15.4. The van der Waals surface area contributed by atoms with Gasteiger partial charge in [-0.2, -0.15) is 0 Å². The smallest absolute Gasteiger partial charge is 0.208 e. The van der Waals surface area contributed by atoms with Crippen LogP contribution in [-0.4, -0.2) is 43.2 Å². The van der Waals surface area contributed by atoms with Crippen LogP contribution in [0.4, 0.5) is 0 Å². The van der Waals surface area contributed by atoms with Crippen molar-refractivity contribution in [1.29, 1.82) is 0 Å². The fraction of sp³-hybridized carbons (Fsp3) is 0.538. The van der Waals surface area contributed by atoms with Gasteiger partial charge in [-0.3, -0.25) is 15.4 Å². The van der Waals surface area contributed by atoms with Crippen molar-refractivity contribution in [3.8, 4) is 0 Å². The molecular formula is C13H23N5O. The third-order valence-electron chi connectivity index (χ3n) is 2.60. The zero-order valence-corrected chi connectivity index (χ0v) is 11.9. The Hall–Kier alpha value is -1.66. The van der Waals surface area contributed by atoms with Gasteiger partial charge in [-0.25, -0.2) is 5.84 Å². The Morgan fingerprint density at radius 1 is 1.53 bits per heavy atom. The Balaban J connectivity index is 2.55. The van der Waals surface area contributed by atoms with Crippen molar-refractivity contribution >= 4 is 5.96 Å². The van der Waals surface area contributed by atoms with Gasteiger partial charge in [0.25, 0.3) is 0 Å². The Bertz CT molecular complexity index is 408. The zero-order chi connectivity index (χ0) is 14.1. The summed E-state index contributed by atoms with van der Waals surface area (Å²) in [7, 11) is 3.61. The minimum atomic E-state index is 0.652. The molecule has 0 aliphatic heterocycles. The number of nitrogens with zero attached hydrogens (tertiary/aromatic N) is 3. The van der Waals surface area contributed by atoms with E-state index in [1.54, 1.807) is 7.11 Å². The van der Waals surface area contributed by atoms with Crippen LogP contribution in [0, 0.1) is 6.92 Å². The number of aromatic nitrogens is 1. The number of ether oxygens (including phenoxy) is 1. The number of nitrogens with two attached hydrogens (primary N) is 1. The normalized spacial score (nSPS) is 11.5. The number of rotatable bonds is 6. The highest BCUT2D eigenvalue weighted by atomic mass is 16.5. The maximum atomic E-state index is 5.50. The lowest BCUT2D eigenvalue weighted by atomic mass is 10.3. The molecule has 106 valence electrons. The summed E-state index contributed by atoms with van der Waals surface area (Å²) in [6, 6.07) is 5.96. The first-order valence-corrected chi connectivity index (χ1v) is 6.31. The second-order valence-electron chi connectivity index (χ2n) is 4.32. The van der Waals surface area contributed by atoms with Crippen LogP contribution >= 0.6 is 0 Å². The maximum absolute atomic E-state index is 5.50. The number of hydrazine groups is 1. The molecule has 0 aliphatic carbocycles. The minimum Gasteiger partial charge on any atom is -0.385 e. The number of methoxy groups -OCH3 is 1. The molecule has 19 heavy (non-hydrogen) atoms. The van der Waals surface area contributed by atoms with E-state index in [1.165, 1.54) is 0 Å². The molecule has 1 aromatic rings. The third kappa shape index (κ3) is 5.67. The number of pyridine rings is 1. The molecule has 0 spiro atoms. The Morgan fingerprint density at radius 3 is 2.95 bits per heavy atom. The van der Waals surface area contributed by atoms with Crippen molar-refractivity contribution in [2.24, 2.45) is 10.8 Å². The summed E-state index contributed by atoms with van der Waals surface area (Å²) < 4.78 is 4.98. The topological polar surface area (TPSA) is 75.8 Å². The van der Waals surface area contributed by atoms with E-state index in [2.05, 4.69) is 15.4 Å². The van der Waals surface area contributed by atoms with E-state index in [1.807, 2.05) is 37.1 Å². The molecule has 0 aliphatic rings. The Labute approximate surface area is 114 Å². The van der Waals surface area contributed by atoms with E-state index in [0.717, 1.165) is 17.8 Å². The molecule has 1 aromatic heterocycles. The fourth-order valence-corrected chi connectivity index (χ4v) is 1.68. The van der Waals surface area contributed by atoms with Crippen LogP contribution in [0.3, 0.4) is 0 Å². The lowest BCUT2D eigenvalue weighted by Gasteiger charge is -2.20. The van der Waals surface area contributed by atoms with Crippen molar-refractivity contribution < 1.29 is 4.74 Å². The molecule has 0 amide bonds. The van der Waals surface area contributed by atoms with Crippen LogP contribution in [-0.2, 0) is 11.3 Å². The standard InChI is InChI=1S/C13H23N5O/c1-11-6-4-7-12(16-11)10-18(2)13(17-14)15-8-5-9-19-3/h4,6-7H,5,8-10,14H2,1-3H3,(H,15,17). The van der Waals surface area contributed by atoms with Gasteiger partial charge >= 0.3 is 0 Å². The van der Waals surface area contributed by atoms with Crippen molar-refractivity contribution in [2.45, 2.75) is 19.9 Å². The monoisotopic (exact) mass is 265 g/mol. The lowest BCUT2D eigenvalue weighted by molar-refractivity contribution is 0.197. The molecule has 0 fully saturated rings. The predicted octanol–water partition coefficient (Wildman–Crippen LogP) is 0.678. The van der Waals surface area contributed by atoms with Gasteiger partial charge in [0.05, 0.1) is 12.2 Å². The molecule has 0 saturated carbocycles. The van der Waals surface area contributed by atoms with Gasteiger partial charge in [0.2, 0.25) is 5.96 Å². The van der Waals surface area contributed by atoms with Gasteiger partial charge < -0.3 is 9.64 Å². The second-order valence-corrected chi connectivity index (χ2v) is 4.32. The van der Waals surface area contributed by atoms with Crippen molar-refractivity contribution in [3.63, 3.8) is 0 Å². The molecule has 1 rings (SSSR count). The van der Waals surface area contributed by atoms with E-state index >= 15 is 0 Å². The van der Waals surface area contributed by atoms with Crippen LogP contribution < -0.4 is 11.3 Å². The maximum Gasteiger partial charge on any atom is 0.208 e. The molecule has 6 nitrogen and oxygen atoms in total. The van der Waals surface area contributed by atoms with Crippen LogP contribution in [0.25, 0.3) is 0 Å². The second kappa shape index (κ2) is 8.44. The molecule has 6 heteroatoms. The van der Waals surface area contributed by atoms with Gasteiger partial charge in [0.15, 0.2) is 0 Å². The third-order valence-corrected chi connectivity index (χ3v) is 2.60. The van der Waals surface area contributed by atoms with E-state index in [9.17, 15) is 0 Å². The van der Waals surface area contributed by atoms with Gasteiger partial charge in [-0.1, -0.05) is 6.07 Å². The number of hydrogen-bond donors (Lipinski definition) is 2. The molecule has 0 aromatic carbocycles. The summed E-state index contributed by atoms with van der Waals surface area (Å²) >= 11 is 0. The first-order valence-electron chi connectivity index (χ1n) is 6.31. The highest BCUT2D eigenvalue weighted by molar-refractivity contribution is 5.79. The summed E-state index contributed by atoms with van der Waals surface area (Å²) in [5.41, 5.74) is 4.61. The Kier molecular flexibility index (Phi) is 6.84. The number of hydrogen-bond acceptors (Lipinski definition) is 4. The largest absolute Gasteiger partial charge is 0.385 e. The average molecular weight is 265 g/mol. The molecule has 0 saturated heterocycles. The van der Waals surface area contributed by atoms with Crippen LogP contribution in [0.1, 0.15) is 17.8 Å². The molecule has 0 atom stereocenters. The molecule has 1 heterocycles.